The number of carboxylic acid groups (broad SMARTS) is 2. The first-order chi connectivity index (χ1) is 29.6. The van der Waals surface area contributed by atoms with Crippen molar-refractivity contribution in [2.75, 3.05) is 30.5 Å². The van der Waals surface area contributed by atoms with Crippen LogP contribution in [0.1, 0.15) is 127 Å². The number of hydrogen-bond acceptors (Lipinski definition) is 18. The van der Waals surface area contributed by atoms with Gasteiger partial charge in [0.15, 0.2) is 26.8 Å². The van der Waals surface area contributed by atoms with Gasteiger partial charge in [0.05, 0.1) is 24.6 Å². The molecule has 0 aromatic carbocycles. The molecule has 7 N–H and O–H groups in total. The van der Waals surface area contributed by atoms with Gasteiger partial charge in [-0.05, 0) is 95.3 Å². The number of carboxylic acids is 2. The summed E-state index contributed by atoms with van der Waals surface area (Å²) in [5.74, 6) is -5.89. The third-order valence-corrected chi connectivity index (χ3v) is 8.08. The first-order valence-electron chi connectivity index (χ1n) is 19.1. The van der Waals surface area contributed by atoms with Crippen LogP contribution in [0, 0.1) is 13.8 Å². The minimum absolute atomic E-state index is 0.0787. The number of Topliss-reactive ketones (excluding diaryl/α,β-unsaturated/α-hetero) is 3. The van der Waals surface area contributed by atoms with Crippen LogP contribution in [0.4, 0.5) is 10.3 Å². The average molecular weight is 1210 g/mol. The fourth-order valence-electron chi connectivity index (χ4n) is 3.15. The van der Waals surface area contributed by atoms with Gasteiger partial charge >= 0.3 is 69.4 Å². The van der Waals surface area contributed by atoms with Crippen LogP contribution in [0.25, 0.3) is 0 Å². The molecule has 64 heavy (non-hydrogen) atoms. The number of thiazole rings is 2. The number of nitrogens with zero attached hydrogens (tertiary/aromatic N) is 2. The molecule has 0 saturated carbocycles. The maximum atomic E-state index is 11.5. The van der Waals surface area contributed by atoms with Gasteiger partial charge in [-0.3, -0.25) is 14.4 Å². The van der Waals surface area contributed by atoms with Crippen molar-refractivity contribution < 1.29 is 74.1 Å². The van der Waals surface area contributed by atoms with E-state index in [0.717, 1.165) is 14.9 Å². The third-order valence-electron chi connectivity index (χ3n) is 5.74. The molecule has 0 bridgehead atoms. The van der Waals surface area contributed by atoms with Gasteiger partial charge in [-0.2, -0.15) is 0 Å². The van der Waals surface area contributed by atoms with Crippen molar-refractivity contribution in [3.8, 4) is 0 Å². The molecular formula is C38H63Br3CuN6O13S3. The van der Waals surface area contributed by atoms with E-state index in [2.05, 4.69) is 91.8 Å². The first kappa shape index (κ1) is 69.9. The Bertz CT molecular complexity index is 1730. The van der Waals surface area contributed by atoms with Gasteiger partial charge in [-0.1, -0.05) is 29.8 Å². The number of nitrogens with two attached hydrogens (primary N) is 1. The van der Waals surface area contributed by atoms with E-state index in [4.69, 9.17) is 20.7 Å². The normalized spacial score (nSPS) is 9.94. The second-order valence-corrected chi connectivity index (χ2v) is 21.4. The average Bonchev–Trinajstić information content (AvgIpc) is 3.74. The molecule has 0 aliphatic heterocycles. The number of nitrogens with one attached hydrogen (secondary N) is 3. The predicted octanol–water partition coefficient (Wildman–Crippen LogP) is 7.82. The molecule has 0 aliphatic rings. The van der Waals surface area contributed by atoms with Crippen LogP contribution in [-0.4, -0.2) is 115 Å². The first-order valence-corrected chi connectivity index (χ1v) is 26.8. The molecule has 1 atom stereocenters. The predicted molar refractivity (Wildman–Crippen MR) is 262 cm³/mol. The molecule has 0 spiro atoms. The summed E-state index contributed by atoms with van der Waals surface area (Å²) in [5, 5.41) is 27.4. The number of aliphatic carboxylic acids is 1. The van der Waals surface area contributed by atoms with Crippen molar-refractivity contribution in [3.05, 3.63) is 21.1 Å². The number of carbonyl (C=O) groups is 8. The van der Waals surface area contributed by atoms with Gasteiger partial charge in [0.2, 0.25) is 11.6 Å². The summed E-state index contributed by atoms with van der Waals surface area (Å²) in [4.78, 5) is 93.0. The number of aromatic carboxylic acids is 1. The SMILES string of the molecule is CC(C)NC(N)=S.CCC(=O)C(=O)O.CCOC(=O)C(=O)C(C)Br.CCOC(=O)C(=O)CC.CCOC(=O)c1nc(NC(C)C)sc1C.Cc1sc(NC(C)C)nc1C(=O)O.[Br][Cu][Br]. The van der Waals surface area contributed by atoms with Gasteiger partial charge in [0.25, 0.3) is 5.78 Å². The monoisotopic (exact) mass is 1210 g/mol. The van der Waals surface area contributed by atoms with Crippen molar-refractivity contribution >= 4 is 142 Å². The van der Waals surface area contributed by atoms with Crippen molar-refractivity contribution in [1.82, 2.24) is 15.3 Å². The third kappa shape index (κ3) is 40.4. The molecular weight excluding hydrogens is 1150 g/mol. The van der Waals surface area contributed by atoms with Gasteiger partial charge in [0, 0.05) is 40.7 Å². The van der Waals surface area contributed by atoms with Crippen molar-refractivity contribution in [1.29, 1.82) is 0 Å². The molecule has 0 fully saturated rings. The van der Waals surface area contributed by atoms with Crippen molar-refractivity contribution in [2.24, 2.45) is 5.73 Å². The number of aromatic nitrogens is 2. The Balaban J connectivity index is -0.000000220. The number of anilines is 2. The van der Waals surface area contributed by atoms with Crippen LogP contribution in [-0.2, 0) is 54.3 Å². The summed E-state index contributed by atoms with van der Waals surface area (Å²) in [6.07, 6.45) is 0.300. The Kier molecular flexibility index (Phi) is 46.4. The van der Waals surface area contributed by atoms with Crippen LogP contribution in [0.2, 0.25) is 0 Å². The van der Waals surface area contributed by atoms with E-state index in [1.807, 2.05) is 48.5 Å². The van der Waals surface area contributed by atoms with Crippen molar-refractivity contribution in [3.63, 3.8) is 0 Å². The summed E-state index contributed by atoms with van der Waals surface area (Å²) < 4.78 is 13.8. The fourth-order valence-corrected chi connectivity index (χ4v) is 5.47. The Morgan fingerprint density at radius 1 is 0.688 bits per heavy atom. The van der Waals surface area contributed by atoms with E-state index >= 15 is 0 Å². The molecule has 0 amide bonds. The molecule has 2 heterocycles. The fraction of sp³-hybridized carbons (Fsp3) is 0.605. The zero-order valence-corrected chi connectivity index (χ0v) is 46.5. The summed E-state index contributed by atoms with van der Waals surface area (Å²) in [6, 6.07) is 0.940. The van der Waals surface area contributed by atoms with Crippen LogP contribution in [0.5, 0.6) is 0 Å². The van der Waals surface area contributed by atoms with Crippen molar-refractivity contribution in [2.45, 2.75) is 133 Å². The Morgan fingerprint density at radius 3 is 1.31 bits per heavy atom. The number of thiocarbonyl (C=S) groups is 1. The summed E-state index contributed by atoms with van der Waals surface area (Å²) in [5.41, 5.74) is 5.68. The van der Waals surface area contributed by atoms with E-state index in [-0.39, 0.29) is 43.8 Å². The van der Waals surface area contributed by atoms with E-state index in [1.54, 1.807) is 41.5 Å². The number of carbonyl (C=O) groups excluding carboxylic acids is 6. The second kappa shape index (κ2) is 42.5. The van der Waals surface area contributed by atoms with Gasteiger partial charge in [-0.25, -0.2) is 33.9 Å². The number of esters is 3. The topological polar surface area (TPSA) is 293 Å². The second-order valence-electron chi connectivity index (χ2n) is 12.5. The van der Waals surface area contributed by atoms with E-state index in [0.29, 0.717) is 34.6 Å². The zero-order valence-electron chi connectivity index (χ0n) is 38.4. The Hall–Kier alpha value is -3.13. The van der Waals surface area contributed by atoms with Crippen LogP contribution in [0.3, 0.4) is 0 Å². The quantitative estimate of drug-likeness (QED) is 0.0233. The van der Waals surface area contributed by atoms with Crippen LogP contribution in [0.15, 0.2) is 0 Å². The maximum absolute atomic E-state index is 11.5. The molecule has 2 aromatic rings. The Morgan fingerprint density at radius 2 is 1.06 bits per heavy atom. The molecule has 26 heteroatoms. The summed E-state index contributed by atoms with van der Waals surface area (Å²) >= 11 is 17.7. The van der Waals surface area contributed by atoms with E-state index < -0.39 is 46.1 Å². The molecule has 0 saturated heterocycles. The molecule has 373 valence electrons. The molecule has 1 unspecified atom stereocenters. The zero-order chi connectivity index (χ0) is 51.3. The van der Waals surface area contributed by atoms with Crippen LogP contribution < -0.4 is 21.7 Å². The molecule has 0 radical (unpaired) electrons. The number of hydrogen-bond donors (Lipinski definition) is 6. The van der Waals surface area contributed by atoms with E-state index in [1.165, 1.54) is 40.9 Å². The van der Waals surface area contributed by atoms with E-state index in [9.17, 15) is 38.4 Å². The van der Waals surface area contributed by atoms with Gasteiger partial charge < -0.3 is 46.1 Å². The number of halogens is 3. The summed E-state index contributed by atoms with van der Waals surface area (Å²) in [6.45, 7) is 26.3. The number of rotatable bonds is 16. The Labute approximate surface area is 418 Å². The molecule has 2 aromatic heterocycles. The number of alkyl halides is 1. The summed E-state index contributed by atoms with van der Waals surface area (Å²) in [7, 11) is 0. The molecule has 19 nitrogen and oxygen atoms in total. The number of aryl methyl sites for hydroxylation is 2. The minimum atomic E-state index is -1.34. The molecule has 2 rings (SSSR count). The van der Waals surface area contributed by atoms with Crippen LogP contribution >= 0.6 is 79.0 Å². The van der Waals surface area contributed by atoms with Gasteiger partial charge in [0.1, 0.15) is 0 Å². The number of ether oxygens (including phenoxy) is 3. The van der Waals surface area contributed by atoms with Gasteiger partial charge in [-0.15, -0.1) is 22.7 Å². The standard InChI is InChI=1S/C10H16N2O2S.C8H12N2O2S.C6H9BrO3.C6H10O3.C4H10N2S.C4H6O3.2BrH.Cu/c1-5-14-9(13)8-7(4)15-10(12-8)11-6(2)3;1-4(2)9-8-10-6(7(11)12)5(3)13-8;1-3-10-6(9)5(8)4(2)7;1-3-5(7)6(8)9-4-2;1-3(2)6-4(5)7;1-2-3(5)4(6)7;;;/h6H,5H2,1-4H3,(H,11,12);4H,1-3H3,(H,9,10)(H,11,12);4H,3H2,1-2H3;3-4H2,1-2H3;3H,1-2H3,(H3,5,6,7);2H2,1H3,(H,6,7);2*1H;/q;;;;;;;;+2/p-2. The molecule has 0 aliphatic carbocycles. The number of ketones is 3.